The van der Waals surface area contributed by atoms with Gasteiger partial charge in [0.2, 0.25) is 0 Å². The summed E-state index contributed by atoms with van der Waals surface area (Å²) in [6.07, 6.45) is -4.92. The van der Waals surface area contributed by atoms with Crippen LogP contribution in [0, 0.1) is 5.92 Å². The number of amides is 1. The quantitative estimate of drug-likeness (QED) is 0.461. The highest BCUT2D eigenvalue weighted by Crippen LogP contribution is 2.41. The monoisotopic (exact) mass is 423 g/mol. The van der Waals surface area contributed by atoms with E-state index in [1.165, 1.54) is 0 Å². The topological polar surface area (TPSA) is 48.0 Å². The lowest BCUT2D eigenvalue weighted by atomic mass is 9.83. The van der Waals surface area contributed by atoms with Gasteiger partial charge in [-0.05, 0) is 67.4 Å². The van der Waals surface area contributed by atoms with E-state index in [0.717, 1.165) is 11.0 Å². The lowest BCUT2D eigenvalue weighted by Gasteiger charge is -2.39. The van der Waals surface area contributed by atoms with E-state index in [0.29, 0.717) is 0 Å². The Morgan fingerprint density at radius 3 is 2.10 bits per heavy atom. The molecule has 0 saturated carbocycles. The SMILES string of the molecule is CC(C)(C)OC(=O)N1CCC(C(F)(F)F)CC1C=C(F)B1OC(C)(C)C(C)(C)O1. The largest absolute Gasteiger partial charge is 0.524 e. The summed E-state index contributed by atoms with van der Waals surface area (Å²) in [5.41, 5.74) is -3.27. The van der Waals surface area contributed by atoms with Gasteiger partial charge in [-0.15, -0.1) is 0 Å². The van der Waals surface area contributed by atoms with Crippen molar-refractivity contribution in [2.75, 3.05) is 6.54 Å². The highest BCUT2D eigenvalue weighted by Gasteiger charge is 2.53. The number of hydrogen-bond donors (Lipinski definition) is 0. The van der Waals surface area contributed by atoms with Crippen molar-refractivity contribution in [1.82, 2.24) is 4.90 Å². The number of carbonyl (C=O) groups is 1. The molecule has 0 spiro atoms. The van der Waals surface area contributed by atoms with E-state index in [4.69, 9.17) is 14.0 Å². The van der Waals surface area contributed by atoms with Crippen LogP contribution < -0.4 is 0 Å². The van der Waals surface area contributed by atoms with Crippen LogP contribution in [0.25, 0.3) is 0 Å². The van der Waals surface area contributed by atoms with Crippen molar-refractivity contribution >= 4 is 13.2 Å². The van der Waals surface area contributed by atoms with Crippen LogP contribution in [0.15, 0.2) is 11.8 Å². The number of likely N-dealkylation sites (tertiary alicyclic amines) is 1. The van der Waals surface area contributed by atoms with Crippen molar-refractivity contribution in [1.29, 1.82) is 0 Å². The molecule has 2 unspecified atom stereocenters. The van der Waals surface area contributed by atoms with Crippen LogP contribution in [0.2, 0.25) is 0 Å². The number of rotatable bonds is 2. The normalized spacial score (nSPS) is 27.9. The molecule has 2 heterocycles. The van der Waals surface area contributed by atoms with Crippen molar-refractivity contribution in [2.24, 2.45) is 5.92 Å². The summed E-state index contributed by atoms with van der Waals surface area (Å²) in [4.78, 5) is 13.6. The van der Waals surface area contributed by atoms with Crippen LogP contribution in [-0.4, -0.2) is 53.7 Å². The molecule has 0 aromatic carbocycles. The lowest BCUT2D eigenvalue weighted by molar-refractivity contribution is -0.187. The Morgan fingerprint density at radius 1 is 1.14 bits per heavy atom. The first kappa shape index (κ1) is 24.0. The molecule has 2 rings (SSSR count). The maximum atomic E-state index is 14.9. The number of halogens is 4. The lowest BCUT2D eigenvalue weighted by Crippen LogP contribution is -2.49. The van der Waals surface area contributed by atoms with Crippen LogP contribution in [0.5, 0.6) is 0 Å². The number of carbonyl (C=O) groups excluding carboxylic acids is 1. The number of piperidine rings is 1. The molecule has 0 N–H and O–H groups in total. The van der Waals surface area contributed by atoms with Gasteiger partial charge in [0.1, 0.15) is 11.3 Å². The molecule has 0 bridgehead atoms. The summed E-state index contributed by atoms with van der Waals surface area (Å²) in [5.74, 6) is -1.63. The first-order valence-electron chi connectivity index (χ1n) is 9.72. The zero-order valence-corrected chi connectivity index (χ0v) is 18.0. The smallest absolute Gasteiger partial charge is 0.444 e. The van der Waals surface area contributed by atoms with Gasteiger partial charge in [0.15, 0.2) is 0 Å². The van der Waals surface area contributed by atoms with Crippen molar-refractivity contribution in [3.8, 4) is 0 Å². The predicted molar refractivity (Wildman–Crippen MR) is 101 cm³/mol. The van der Waals surface area contributed by atoms with E-state index in [2.05, 4.69) is 0 Å². The minimum Gasteiger partial charge on any atom is -0.444 e. The molecule has 0 radical (unpaired) electrons. The average Bonchev–Trinajstić information content (AvgIpc) is 2.72. The third-order valence-corrected chi connectivity index (χ3v) is 5.57. The van der Waals surface area contributed by atoms with E-state index in [-0.39, 0.29) is 13.0 Å². The van der Waals surface area contributed by atoms with Crippen LogP contribution >= 0.6 is 0 Å². The third kappa shape index (κ3) is 5.66. The van der Waals surface area contributed by atoms with Crippen molar-refractivity contribution in [3.63, 3.8) is 0 Å². The van der Waals surface area contributed by atoms with Gasteiger partial charge in [-0.2, -0.15) is 13.2 Å². The second-order valence-corrected chi connectivity index (χ2v) is 9.64. The Labute approximate surface area is 169 Å². The molecule has 2 saturated heterocycles. The van der Waals surface area contributed by atoms with E-state index in [9.17, 15) is 22.4 Å². The van der Waals surface area contributed by atoms with Crippen LogP contribution in [0.4, 0.5) is 22.4 Å². The summed E-state index contributed by atoms with van der Waals surface area (Å²) in [5, 5.41) is 0. The Kier molecular flexibility index (Phi) is 6.42. The maximum Gasteiger partial charge on any atom is 0.524 e. The van der Waals surface area contributed by atoms with Gasteiger partial charge in [0.25, 0.3) is 0 Å². The van der Waals surface area contributed by atoms with E-state index in [1.54, 1.807) is 48.5 Å². The molecule has 29 heavy (non-hydrogen) atoms. The fourth-order valence-corrected chi connectivity index (χ4v) is 3.22. The van der Waals surface area contributed by atoms with Gasteiger partial charge >= 0.3 is 19.4 Å². The van der Waals surface area contributed by atoms with Crippen LogP contribution in [-0.2, 0) is 14.0 Å². The molecule has 2 atom stereocenters. The Balaban J connectivity index is 2.26. The summed E-state index contributed by atoms with van der Waals surface area (Å²) >= 11 is 0. The Bertz CT molecular complexity index is 642. The Morgan fingerprint density at radius 2 is 1.66 bits per heavy atom. The molecular weight excluding hydrogens is 393 g/mol. The number of alkyl halides is 3. The molecule has 0 aliphatic carbocycles. The van der Waals surface area contributed by atoms with Gasteiger partial charge in [-0.3, -0.25) is 0 Å². The molecule has 2 aliphatic rings. The first-order chi connectivity index (χ1) is 12.9. The zero-order valence-electron chi connectivity index (χ0n) is 18.0. The number of ether oxygens (including phenoxy) is 1. The molecule has 0 aromatic heterocycles. The van der Waals surface area contributed by atoms with Crippen molar-refractivity contribution in [2.45, 2.75) is 90.3 Å². The van der Waals surface area contributed by atoms with Gasteiger partial charge in [0.05, 0.1) is 23.2 Å². The second kappa shape index (κ2) is 7.76. The van der Waals surface area contributed by atoms with E-state index < -0.39 is 60.3 Å². The summed E-state index contributed by atoms with van der Waals surface area (Å²) in [6.45, 7) is 11.8. The van der Waals surface area contributed by atoms with Gasteiger partial charge in [0, 0.05) is 6.54 Å². The second-order valence-electron chi connectivity index (χ2n) is 9.64. The fourth-order valence-electron chi connectivity index (χ4n) is 3.22. The highest BCUT2D eigenvalue weighted by atomic mass is 19.4. The van der Waals surface area contributed by atoms with Crippen LogP contribution in [0.3, 0.4) is 0 Å². The summed E-state index contributed by atoms with van der Waals surface area (Å²) in [7, 11) is -1.34. The standard InChI is InChI=1S/C19H30BF4NO4/c1-16(2,3)27-15(26)25-9-8-12(19(22,23)24)10-13(25)11-14(21)20-28-17(4,5)18(6,7)29-20/h11-13H,8-10H2,1-7H3. The fraction of sp³-hybridized carbons (Fsp3) is 0.842. The average molecular weight is 423 g/mol. The summed E-state index contributed by atoms with van der Waals surface area (Å²) < 4.78 is 71.2. The molecule has 166 valence electrons. The predicted octanol–water partition coefficient (Wildman–Crippen LogP) is 5.05. The molecule has 5 nitrogen and oxygen atoms in total. The highest BCUT2D eigenvalue weighted by molar-refractivity contribution is 6.53. The zero-order chi connectivity index (χ0) is 22.4. The first-order valence-corrected chi connectivity index (χ1v) is 9.72. The molecule has 1 amide bonds. The van der Waals surface area contributed by atoms with Crippen molar-refractivity contribution in [3.05, 3.63) is 11.8 Å². The minimum absolute atomic E-state index is 0.184. The maximum absolute atomic E-state index is 14.9. The van der Waals surface area contributed by atoms with Gasteiger partial charge < -0.3 is 18.9 Å². The Hall–Kier alpha value is -1.29. The number of hydrogen-bond acceptors (Lipinski definition) is 4. The molecule has 2 aliphatic heterocycles. The van der Waals surface area contributed by atoms with Crippen molar-refractivity contribution < 1.29 is 36.4 Å². The van der Waals surface area contributed by atoms with E-state index in [1.807, 2.05) is 0 Å². The van der Waals surface area contributed by atoms with Gasteiger partial charge in [-0.1, -0.05) is 0 Å². The minimum atomic E-state index is -4.42. The van der Waals surface area contributed by atoms with Gasteiger partial charge in [-0.25, -0.2) is 9.18 Å². The molecule has 10 heteroatoms. The number of nitrogens with zero attached hydrogens (tertiary/aromatic N) is 1. The summed E-state index contributed by atoms with van der Waals surface area (Å²) in [6, 6.07) is -1.12. The molecular formula is C19H30BF4NO4. The van der Waals surface area contributed by atoms with Crippen LogP contribution in [0.1, 0.15) is 61.3 Å². The third-order valence-electron chi connectivity index (χ3n) is 5.57. The molecule has 2 fully saturated rings. The molecule has 0 aromatic rings. The van der Waals surface area contributed by atoms with E-state index >= 15 is 0 Å².